The van der Waals surface area contributed by atoms with Gasteiger partial charge in [0.05, 0.1) is 18.9 Å². The number of hydrogen-bond acceptors (Lipinski definition) is 3. The second-order valence-electron chi connectivity index (χ2n) is 5.73. The lowest BCUT2D eigenvalue weighted by atomic mass is 10.2. The monoisotopic (exact) mass is 297 g/mol. The summed E-state index contributed by atoms with van der Waals surface area (Å²) in [6.45, 7) is 0. The van der Waals surface area contributed by atoms with E-state index in [2.05, 4.69) is 30.1 Å². The summed E-state index contributed by atoms with van der Waals surface area (Å²) in [5, 5.41) is 0. The van der Waals surface area contributed by atoms with Gasteiger partial charge in [0.2, 0.25) is 0 Å². The highest BCUT2D eigenvalue weighted by atomic mass is 16.5. The molecule has 116 valence electrons. The lowest BCUT2D eigenvalue weighted by Gasteiger charge is -2.25. The summed E-state index contributed by atoms with van der Waals surface area (Å²) in [4.78, 5) is 2.15. The zero-order valence-electron chi connectivity index (χ0n) is 13.3. The second kappa shape index (κ2) is 6.73. The van der Waals surface area contributed by atoms with E-state index in [0.29, 0.717) is 6.10 Å². The average molecular weight is 297 g/mol. The molecule has 1 aliphatic rings. The zero-order valence-corrected chi connectivity index (χ0v) is 13.3. The highest BCUT2D eigenvalue weighted by Gasteiger charge is 2.22. The van der Waals surface area contributed by atoms with Crippen LogP contribution in [0.25, 0.3) is 0 Å². The van der Waals surface area contributed by atoms with E-state index in [1.54, 1.807) is 7.11 Å². The summed E-state index contributed by atoms with van der Waals surface area (Å²) in [6.07, 6.45) is 5.08. The van der Waals surface area contributed by atoms with Crippen LogP contribution in [-0.2, 0) is 0 Å². The molecule has 0 atom stereocenters. The Hall–Kier alpha value is -2.16. The van der Waals surface area contributed by atoms with Gasteiger partial charge in [0.25, 0.3) is 0 Å². The molecule has 0 heterocycles. The summed E-state index contributed by atoms with van der Waals surface area (Å²) < 4.78 is 11.8. The number of nitrogens with zero attached hydrogens (tertiary/aromatic N) is 1. The molecule has 0 aromatic heterocycles. The van der Waals surface area contributed by atoms with Gasteiger partial charge in [0, 0.05) is 12.7 Å². The number of benzene rings is 2. The summed E-state index contributed by atoms with van der Waals surface area (Å²) in [5.74, 6) is 1.65. The van der Waals surface area contributed by atoms with Crippen LogP contribution in [0.3, 0.4) is 0 Å². The summed E-state index contributed by atoms with van der Waals surface area (Å²) in [5.41, 5.74) is 2.17. The van der Waals surface area contributed by atoms with Gasteiger partial charge in [0.15, 0.2) is 11.5 Å². The standard InChI is InChI=1S/C19H23NO2/c1-20(15-9-4-3-5-10-15)17-13-8-14-18(21-2)19(17)22-16-11-6-7-12-16/h3-5,8-10,13-14,16H,6-7,11-12H2,1-2H3. The molecule has 0 amide bonds. The van der Waals surface area contributed by atoms with Gasteiger partial charge >= 0.3 is 0 Å². The first-order valence-corrected chi connectivity index (χ1v) is 7.92. The quantitative estimate of drug-likeness (QED) is 0.792. The number of methoxy groups -OCH3 is 1. The smallest absolute Gasteiger partial charge is 0.185 e. The fourth-order valence-electron chi connectivity index (χ4n) is 3.01. The third-order valence-corrected chi connectivity index (χ3v) is 4.27. The fraction of sp³-hybridized carbons (Fsp3) is 0.368. The predicted octanol–water partition coefficient (Wildman–Crippen LogP) is 4.78. The Morgan fingerprint density at radius 1 is 0.955 bits per heavy atom. The normalized spacial score (nSPS) is 14.8. The Morgan fingerprint density at radius 2 is 1.68 bits per heavy atom. The molecular weight excluding hydrogens is 274 g/mol. The van der Waals surface area contributed by atoms with Crippen LogP contribution in [-0.4, -0.2) is 20.3 Å². The van der Waals surface area contributed by atoms with Crippen molar-refractivity contribution in [2.45, 2.75) is 31.8 Å². The molecule has 0 radical (unpaired) electrons. The van der Waals surface area contributed by atoms with Gasteiger partial charge < -0.3 is 14.4 Å². The summed E-state index contributed by atoms with van der Waals surface area (Å²) in [7, 11) is 3.76. The Labute approximate surface area is 132 Å². The molecule has 3 heteroatoms. The number of rotatable bonds is 5. The molecule has 1 fully saturated rings. The summed E-state index contributed by atoms with van der Waals surface area (Å²) in [6, 6.07) is 16.4. The van der Waals surface area contributed by atoms with Gasteiger partial charge in [-0.05, 0) is 49.9 Å². The van der Waals surface area contributed by atoms with Gasteiger partial charge in [-0.3, -0.25) is 0 Å². The minimum atomic E-state index is 0.305. The first-order valence-electron chi connectivity index (χ1n) is 7.92. The van der Waals surface area contributed by atoms with E-state index in [4.69, 9.17) is 9.47 Å². The number of anilines is 2. The molecule has 0 unspecified atom stereocenters. The molecular formula is C19H23NO2. The van der Waals surface area contributed by atoms with E-state index in [0.717, 1.165) is 35.7 Å². The molecule has 1 aliphatic carbocycles. The molecule has 0 saturated heterocycles. The van der Waals surface area contributed by atoms with Crippen molar-refractivity contribution >= 4 is 11.4 Å². The van der Waals surface area contributed by atoms with Crippen LogP contribution in [0.5, 0.6) is 11.5 Å². The van der Waals surface area contributed by atoms with E-state index in [-0.39, 0.29) is 0 Å². The topological polar surface area (TPSA) is 21.7 Å². The van der Waals surface area contributed by atoms with Crippen molar-refractivity contribution in [2.75, 3.05) is 19.1 Å². The predicted molar refractivity (Wildman–Crippen MR) is 90.4 cm³/mol. The highest BCUT2D eigenvalue weighted by Crippen LogP contribution is 2.41. The molecule has 22 heavy (non-hydrogen) atoms. The lowest BCUT2D eigenvalue weighted by molar-refractivity contribution is 0.201. The highest BCUT2D eigenvalue weighted by molar-refractivity contribution is 5.72. The van der Waals surface area contributed by atoms with E-state index in [1.807, 2.05) is 30.3 Å². The van der Waals surface area contributed by atoms with E-state index < -0.39 is 0 Å². The molecule has 3 nitrogen and oxygen atoms in total. The molecule has 0 spiro atoms. The van der Waals surface area contributed by atoms with Crippen molar-refractivity contribution in [1.82, 2.24) is 0 Å². The number of ether oxygens (including phenoxy) is 2. The second-order valence-corrected chi connectivity index (χ2v) is 5.73. The Bertz CT molecular complexity index is 606. The first kappa shape index (κ1) is 14.8. The van der Waals surface area contributed by atoms with Crippen LogP contribution in [0.1, 0.15) is 25.7 Å². The number of para-hydroxylation sites is 2. The maximum absolute atomic E-state index is 6.30. The van der Waals surface area contributed by atoms with Gasteiger partial charge in [-0.2, -0.15) is 0 Å². The van der Waals surface area contributed by atoms with Crippen molar-refractivity contribution < 1.29 is 9.47 Å². The molecule has 2 aromatic carbocycles. The Balaban J connectivity index is 1.95. The van der Waals surface area contributed by atoms with Crippen LogP contribution >= 0.6 is 0 Å². The lowest BCUT2D eigenvalue weighted by Crippen LogP contribution is -2.16. The molecule has 1 saturated carbocycles. The third kappa shape index (κ3) is 3.03. The number of hydrogen-bond donors (Lipinski definition) is 0. The molecule has 2 aromatic rings. The van der Waals surface area contributed by atoms with Crippen molar-refractivity contribution in [1.29, 1.82) is 0 Å². The molecule has 0 aliphatic heterocycles. The van der Waals surface area contributed by atoms with Crippen molar-refractivity contribution in [3.8, 4) is 11.5 Å². The van der Waals surface area contributed by atoms with Crippen LogP contribution in [0.4, 0.5) is 11.4 Å². The van der Waals surface area contributed by atoms with Crippen molar-refractivity contribution in [3.63, 3.8) is 0 Å². The average Bonchev–Trinajstić information content (AvgIpc) is 3.08. The largest absolute Gasteiger partial charge is 0.493 e. The minimum Gasteiger partial charge on any atom is -0.493 e. The first-order chi connectivity index (χ1) is 10.8. The molecule has 0 N–H and O–H groups in total. The van der Waals surface area contributed by atoms with Crippen LogP contribution in [0.15, 0.2) is 48.5 Å². The zero-order chi connectivity index (χ0) is 15.4. The van der Waals surface area contributed by atoms with E-state index in [1.165, 1.54) is 12.8 Å². The molecule has 3 rings (SSSR count). The SMILES string of the molecule is COc1cccc(N(C)c2ccccc2)c1OC1CCCC1. The van der Waals surface area contributed by atoms with Gasteiger partial charge in [-0.15, -0.1) is 0 Å². The van der Waals surface area contributed by atoms with Crippen molar-refractivity contribution in [3.05, 3.63) is 48.5 Å². The summed E-state index contributed by atoms with van der Waals surface area (Å²) >= 11 is 0. The minimum absolute atomic E-state index is 0.305. The van der Waals surface area contributed by atoms with E-state index >= 15 is 0 Å². The van der Waals surface area contributed by atoms with Crippen LogP contribution in [0, 0.1) is 0 Å². The van der Waals surface area contributed by atoms with Crippen molar-refractivity contribution in [2.24, 2.45) is 0 Å². The Morgan fingerprint density at radius 3 is 2.36 bits per heavy atom. The maximum atomic E-state index is 6.30. The van der Waals surface area contributed by atoms with Crippen LogP contribution < -0.4 is 14.4 Å². The Kier molecular flexibility index (Phi) is 4.52. The maximum Gasteiger partial charge on any atom is 0.185 e. The van der Waals surface area contributed by atoms with Gasteiger partial charge in [-0.25, -0.2) is 0 Å². The van der Waals surface area contributed by atoms with Crippen LogP contribution in [0.2, 0.25) is 0 Å². The third-order valence-electron chi connectivity index (χ3n) is 4.27. The van der Waals surface area contributed by atoms with E-state index in [9.17, 15) is 0 Å². The fourth-order valence-corrected chi connectivity index (χ4v) is 3.01. The van der Waals surface area contributed by atoms with Gasteiger partial charge in [-0.1, -0.05) is 24.3 Å². The molecule has 0 bridgehead atoms. The van der Waals surface area contributed by atoms with Gasteiger partial charge in [0.1, 0.15) is 0 Å².